The number of carboxylic acid groups (broad SMARTS) is 1. The predicted octanol–water partition coefficient (Wildman–Crippen LogP) is -0.476. The molecule has 0 saturated heterocycles. The molecule has 0 bridgehead atoms. The molecule has 0 fully saturated rings. The van der Waals surface area contributed by atoms with Crippen molar-refractivity contribution in [1.29, 1.82) is 0 Å². The van der Waals surface area contributed by atoms with Crippen LogP contribution in [0.1, 0.15) is 11.1 Å². The highest BCUT2D eigenvalue weighted by Crippen LogP contribution is 2.14. The Morgan fingerprint density at radius 3 is 2.86 bits per heavy atom. The highest BCUT2D eigenvalue weighted by atomic mass is 16.4. The SMILES string of the molecule is Nc1ccc(/C=C/C(=O)[O-])cc1CO. The summed E-state index contributed by atoms with van der Waals surface area (Å²) in [6, 6.07) is 4.89. The number of hydrogen-bond acceptors (Lipinski definition) is 4. The first-order valence-corrected chi connectivity index (χ1v) is 4.02. The summed E-state index contributed by atoms with van der Waals surface area (Å²) in [5.74, 6) is -1.26. The second-order valence-corrected chi connectivity index (χ2v) is 2.77. The maximum Gasteiger partial charge on any atom is 0.0702 e. The van der Waals surface area contributed by atoms with Gasteiger partial charge in [0.15, 0.2) is 0 Å². The summed E-state index contributed by atoms with van der Waals surface area (Å²) in [7, 11) is 0. The average Bonchev–Trinajstić information content (AvgIpc) is 2.16. The van der Waals surface area contributed by atoms with E-state index in [0.717, 1.165) is 6.08 Å². The van der Waals surface area contributed by atoms with E-state index in [4.69, 9.17) is 10.8 Å². The standard InChI is InChI=1S/C10H11NO3/c11-9-3-1-7(2-4-10(13)14)5-8(9)6-12/h1-5,12H,6,11H2,(H,13,14)/p-1/b4-2+. The molecule has 3 N–H and O–H groups in total. The molecule has 1 aromatic rings. The fourth-order valence-electron chi connectivity index (χ4n) is 1.03. The summed E-state index contributed by atoms with van der Waals surface area (Å²) in [6.45, 7) is -0.168. The summed E-state index contributed by atoms with van der Waals surface area (Å²) in [5, 5.41) is 19.0. The number of nitrogen functional groups attached to an aromatic ring is 1. The van der Waals surface area contributed by atoms with Crippen molar-refractivity contribution in [3.63, 3.8) is 0 Å². The number of carbonyl (C=O) groups is 1. The number of carboxylic acids is 1. The van der Waals surface area contributed by atoms with E-state index in [1.54, 1.807) is 18.2 Å². The summed E-state index contributed by atoms with van der Waals surface area (Å²) < 4.78 is 0. The number of aliphatic hydroxyl groups excluding tert-OH is 1. The van der Waals surface area contributed by atoms with Gasteiger partial charge in [-0.25, -0.2) is 0 Å². The molecule has 0 heterocycles. The molecule has 0 aliphatic rings. The Labute approximate surface area is 81.3 Å². The van der Waals surface area contributed by atoms with Gasteiger partial charge in [0.25, 0.3) is 0 Å². The van der Waals surface area contributed by atoms with E-state index in [0.29, 0.717) is 16.8 Å². The molecule has 1 rings (SSSR count). The zero-order valence-electron chi connectivity index (χ0n) is 7.43. The van der Waals surface area contributed by atoms with Gasteiger partial charge in [0.05, 0.1) is 12.6 Å². The second-order valence-electron chi connectivity index (χ2n) is 2.77. The lowest BCUT2D eigenvalue weighted by molar-refractivity contribution is -0.297. The van der Waals surface area contributed by atoms with E-state index < -0.39 is 5.97 Å². The van der Waals surface area contributed by atoms with E-state index >= 15 is 0 Å². The largest absolute Gasteiger partial charge is 0.545 e. The van der Waals surface area contributed by atoms with Gasteiger partial charge in [-0.15, -0.1) is 0 Å². The Hall–Kier alpha value is -1.81. The number of carbonyl (C=O) groups excluding carboxylic acids is 1. The summed E-state index contributed by atoms with van der Waals surface area (Å²) >= 11 is 0. The highest BCUT2D eigenvalue weighted by Gasteiger charge is 1.97. The van der Waals surface area contributed by atoms with Crippen molar-refractivity contribution < 1.29 is 15.0 Å². The average molecular weight is 192 g/mol. The molecule has 74 valence electrons. The zero-order valence-corrected chi connectivity index (χ0v) is 7.43. The normalized spacial score (nSPS) is 10.6. The number of nitrogens with two attached hydrogens (primary N) is 1. The lowest BCUT2D eigenvalue weighted by Crippen LogP contribution is -2.18. The second kappa shape index (κ2) is 4.43. The Bertz CT molecular complexity index is 372. The van der Waals surface area contributed by atoms with Crippen molar-refractivity contribution in [2.75, 3.05) is 5.73 Å². The number of hydrogen-bond donors (Lipinski definition) is 2. The van der Waals surface area contributed by atoms with Gasteiger partial charge < -0.3 is 20.7 Å². The van der Waals surface area contributed by atoms with Gasteiger partial charge in [0.2, 0.25) is 0 Å². The van der Waals surface area contributed by atoms with Gasteiger partial charge in [-0.2, -0.15) is 0 Å². The monoisotopic (exact) mass is 192 g/mol. The van der Waals surface area contributed by atoms with Crippen molar-refractivity contribution in [3.8, 4) is 0 Å². The maximum absolute atomic E-state index is 10.1. The van der Waals surface area contributed by atoms with Gasteiger partial charge in [0, 0.05) is 11.3 Å². The van der Waals surface area contributed by atoms with Crippen LogP contribution in [0.25, 0.3) is 6.08 Å². The van der Waals surface area contributed by atoms with E-state index in [9.17, 15) is 9.90 Å². The van der Waals surface area contributed by atoms with Gasteiger partial charge >= 0.3 is 0 Å². The number of aliphatic hydroxyl groups is 1. The third-order valence-corrected chi connectivity index (χ3v) is 1.75. The fraction of sp³-hybridized carbons (Fsp3) is 0.100. The molecule has 0 amide bonds. The lowest BCUT2D eigenvalue weighted by atomic mass is 10.1. The van der Waals surface area contributed by atoms with Gasteiger partial charge in [-0.1, -0.05) is 12.1 Å². The molecule has 1 aromatic carbocycles. The van der Waals surface area contributed by atoms with E-state index in [1.807, 2.05) is 0 Å². The van der Waals surface area contributed by atoms with E-state index in [1.165, 1.54) is 6.08 Å². The topological polar surface area (TPSA) is 86.4 Å². The smallest absolute Gasteiger partial charge is 0.0702 e. The molecule has 4 nitrogen and oxygen atoms in total. The van der Waals surface area contributed by atoms with Crippen molar-refractivity contribution in [3.05, 3.63) is 35.4 Å². The summed E-state index contributed by atoms with van der Waals surface area (Å²) in [6.07, 6.45) is 2.31. The molecule has 0 saturated carbocycles. The molecule has 4 heteroatoms. The molecular weight excluding hydrogens is 182 g/mol. The third kappa shape index (κ3) is 2.60. The van der Waals surface area contributed by atoms with Crippen molar-refractivity contribution in [2.45, 2.75) is 6.61 Å². The zero-order chi connectivity index (χ0) is 10.6. The first-order valence-electron chi connectivity index (χ1n) is 4.02. The fourth-order valence-corrected chi connectivity index (χ4v) is 1.03. The van der Waals surface area contributed by atoms with Crippen LogP contribution in [0.5, 0.6) is 0 Å². The van der Waals surface area contributed by atoms with Crippen LogP contribution in [-0.2, 0) is 11.4 Å². The molecule has 0 aliphatic heterocycles. The Kier molecular flexibility index (Phi) is 3.25. The first kappa shape index (κ1) is 10.3. The van der Waals surface area contributed by atoms with Gasteiger partial charge in [-0.05, 0) is 23.8 Å². The van der Waals surface area contributed by atoms with Crippen LogP contribution in [0.2, 0.25) is 0 Å². The highest BCUT2D eigenvalue weighted by molar-refractivity contribution is 5.83. The number of rotatable bonds is 3. The summed E-state index contributed by atoms with van der Waals surface area (Å²) in [4.78, 5) is 10.1. The summed E-state index contributed by atoms with van der Waals surface area (Å²) in [5.41, 5.74) is 7.26. The number of anilines is 1. The quantitative estimate of drug-likeness (QED) is 0.500. The van der Waals surface area contributed by atoms with Crippen LogP contribution in [-0.4, -0.2) is 11.1 Å². The van der Waals surface area contributed by atoms with Crippen molar-refractivity contribution >= 4 is 17.7 Å². The first-order chi connectivity index (χ1) is 6.63. The Morgan fingerprint density at radius 1 is 1.57 bits per heavy atom. The third-order valence-electron chi connectivity index (χ3n) is 1.75. The van der Waals surface area contributed by atoms with Gasteiger partial charge in [0.1, 0.15) is 0 Å². The van der Waals surface area contributed by atoms with E-state index in [-0.39, 0.29) is 6.61 Å². The van der Waals surface area contributed by atoms with Gasteiger partial charge in [-0.3, -0.25) is 0 Å². The van der Waals surface area contributed by atoms with Crippen LogP contribution in [0, 0.1) is 0 Å². The maximum atomic E-state index is 10.1. The molecule has 0 aromatic heterocycles. The number of benzene rings is 1. The molecule has 14 heavy (non-hydrogen) atoms. The number of aliphatic carboxylic acids is 1. The van der Waals surface area contributed by atoms with Crippen molar-refractivity contribution in [1.82, 2.24) is 0 Å². The minimum Gasteiger partial charge on any atom is -0.545 e. The van der Waals surface area contributed by atoms with Crippen LogP contribution in [0.3, 0.4) is 0 Å². The molecular formula is C10H10NO3-. The van der Waals surface area contributed by atoms with Crippen LogP contribution >= 0.6 is 0 Å². The molecule has 0 unspecified atom stereocenters. The molecule has 0 radical (unpaired) electrons. The lowest BCUT2D eigenvalue weighted by Gasteiger charge is -2.03. The molecule has 0 aliphatic carbocycles. The van der Waals surface area contributed by atoms with Crippen LogP contribution < -0.4 is 10.8 Å². The molecule has 0 spiro atoms. The Morgan fingerprint density at radius 2 is 2.29 bits per heavy atom. The van der Waals surface area contributed by atoms with Crippen molar-refractivity contribution in [2.24, 2.45) is 0 Å². The Balaban J connectivity index is 2.95. The molecule has 0 atom stereocenters. The van der Waals surface area contributed by atoms with E-state index in [2.05, 4.69) is 0 Å². The minimum absolute atomic E-state index is 0.168. The van der Waals surface area contributed by atoms with Crippen LogP contribution in [0.15, 0.2) is 24.3 Å². The minimum atomic E-state index is -1.26. The predicted molar refractivity (Wildman–Crippen MR) is 50.8 cm³/mol. The van der Waals surface area contributed by atoms with Crippen LogP contribution in [0.4, 0.5) is 5.69 Å².